The van der Waals surface area contributed by atoms with E-state index in [0.29, 0.717) is 18.4 Å². The minimum Gasteiger partial charge on any atom is -0.446 e. The van der Waals surface area contributed by atoms with E-state index in [0.717, 1.165) is 0 Å². The topological polar surface area (TPSA) is 29.5 Å². The van der Waals surface area contributed by atoms with Crippen LogP contribution < -0.4 is 0 Å². The van der Waals surface area contributed by atoms with Crippen molar-refractivity contribution >= 4 is 6.09 Å². The smallest absolute Gasteiger partial charge is 0.409 e. The molecular formula is C12H23NO2. The van der Waals surface area contributed by atoms with E-state index in [1.54, 1.807) is 11.9 Å². The lowest BCUT2D eigenvalue weighted by molar-refractivity contribution is -0.00451. The van der Waals surface area contributed by atoms with Crippen LogP contribution >= 0.6 is 0 Å². The van der Waals surface area contributed by atoms with Gasteiger partial charge in [0.25, 0.3) is 0 Å². The molecule has 0 heterocycles. The average Bonchev–Trinajstić information content (AvgIpc) is 2.22. The number of hydrogen-bond acceptors (Lipinski definition) is 2. The lowest BCUT2D eigenvalue weighted by atomic mass is 9.81. The summed E-state index contributed by atoms with van der Waals surface area (Å²) >= 11 is 0. The molecule has 15 heavy (non-hydrogen) atoms. The quantitative estimate of drug-likeness (QED) is 0.706. The van der Waals surface area contributed by atoms with Crippen LogP contribution in [-0.4, -0.2) is 30.7 Å². The molecule has 3 heteroatoms. The summed E-state index contributed by atoms with van der Waals surface area (Å²) in [5.74, 6) is 1.01. The van der Waals surface area contributed by atoms with Crippen molar-refractivity contribution in [3.8, 4) is 0 Å². The molecule has 88 valence electrons. The minimum atomic E-state index is -0.178. The van der Waals surface area contributed by atoms with Crippen molar-refractivity contribution in [3.05, 3.63) is 0 Å². The third-order valence-electron chi connectivity index (χ3n) is 3.46. The summed E-state index contributed by atoms with van der Waals surface area (Å²) < 4.78 is 5.56. The molecule has 0 aliphatic heterocycles. The standard InChI is InChI=1S/C12H23NO2/c1-5-13(4)12(14)15-11-9(2)7-6-8-10(11)3/h9-11H,5-8H2,1-4H3. The molecule has 0 aromatic rings. The maximum atomic E-state index is 11.6. The third-order valence-corrected chi connectivity index (χ3v) is 3.46. The Morgan fingerprint density at radius 3 is 2.33 bits per heavy atom. The van der Waals surface area contributed by atoms with Crippen molar-refractivity contribution in [2.45, 2.75) is 46.1 Å². The van der Waals surface area contributed by atoms with Gasteiger partial charge in [0.05, 0.1) is 0 Å². The Bertz CT molecular complexity index is 208. The second-order valence-corrected chi connectivity index (χ2v) is 4.75. The molecule has 0 aromatic carbocycles. The van der Waals surface area contributed by atoms with Gasteiger partial charge in [-0.1, -0.05) is 20.3 Å². The zero-order valence-corrected chi connectivity index (χ0v) is 10.3. The molecule has 0 spiro atoms. The largest absolute Gasteiger partial charge is 0.446 e. The summed E-state index contributed by atoms with van der Waals surface area (Å²) in [5.41, 5.74) is 0. The first-order valence-corrected chi connectivity index (χ1v) is 5.98. The molecule has 2 atom stereocenters. The highest BCUT2D eigenvalue weighted by Gasteiger charge is 2.31. The highest BCUT2D eigenvalue weighted by molar-refractivity contribution is 5.67. The monoisotopic (exact) mass is 213 g/mol. The lowest BCUT2D eigenvalue weighted by Crippen LogP contribution is -2.39. The third kappa shape index (κ3) is 3.11. The molecule has 1 aliphatic carbocycles. The Labute approximate surface area is 92.8 Å². The molecule has 1 rings (SSSR count). The Hall–Kier alpha value is -0.730. The van der Waals surface area contributed by atoms with E-state index in [1.165, 1.54) is 19.3 Å². The van der Waals surface area contributed by atoms with Crippen LogP contribution in [0.4, 0.5) is 4.79 Å². The number of rotatable bonds is 2. The van der Waals surface area contributed by atoms with Crippen LogP contribution in [-0.2, 0) is 4.74 Å². The van der Waals surface area contributed by atoms with Gasteiger partial charge in [-0.3, -0.25) is 0 Å². The number of ether oxygens (including phenoxy) is 1. The number of carbonyl (C=O) groups is 1. The number of amides is 1. The van der Waals surface area contributed by atoms with Crippen LogP contribution in [0.25, 0.3) is 0 Å². The maximum Gasteiger partial charge on any atom is 0.409 e. The zero-order chi connectivity index (χ0) is 11.4. The van der Waals surface area contributed by atoms with Gasteiger partial charge in [0.1, 0.15) is 6.10 Å². The average molecular weight is 213 g/mol. The Morgan fingerprint density at radius 1 is 1.33 bits per heavy atom. The molecule has 0 N–H and O–H groups in total. The summed E-state index contributed by atoms with van der Waals surface area (Å²) in [7, 11) is 1.78. The predicted molar refractivity (Wildman–Crippen MR) is 60.8 cm³/mol. The van der Waals surface area contributed by atoms with Gasteiger partial charge in [-0.25, -0.2) is 4.79 Å². The highest BCUT2D eigenvalue weighted by atomic mass is 16.6. The Kier molecular flexibility index (Phi) is 4.43. The molecule has 2 unspecified atom stereocenters. The van der Waals surface area contributed by atoms with Crippen molar-refractivity contribution < 1.29 is 9.53 Å². The van der Waals surface area contributed by atoms with Gasteiger partial charge in [-0.05, 0) is 31.6 Å². The predicted octanol–water partition coefficient (Wildman–Crippen LogP) is 2.90. The number of carbonyl (C=O) groups excluding carboxylic acids is 1. The van der Waals surface area contributed by atoms with Gasteiger partial charge in [0.15, 0.2) is 0 Å². The SMILES string of the molecule is CCN(C)C(=O)OC1C(C)CCCC1C. The van der Waals surface area contributed by atoms with Gasteiger partial charge < -0.3 is 9.64 Å². The van der Waals surface area contributed by atoms with E-state index in [1.807, 2.05) is 6.92 Å². The van der Waals surface area contributed by atoms with E-state index in [9.17, 15) is 4.79 Å². The van der Waals surface area contributed by atoms with Gasteiger partial charge >= 0.3 is 6.09 Å². The molecule has 1 saturated carbocycles. The molecule has 0 bridgehead atoms. The second kappa shape index (κ2) is 5.38. The summed E-state index contributed by atoms with van der Waals surface area (Å²) in [6.07, 6.45) is 3.55. The first-order valence-electron chi connectivity index (χ1n) is 5.98. The van der Waals surface area contributed by atoms with Gasteiger partial charge in [-0.2, -0.15) is 0 Å². The van der Waals surface area contributed by atoms with Crippen molar-refractivity contribution in [1.29, 1.82) is 0 Å². The molecule has 0 radical (unpaired) electrons. The van der Waals surface area contributed by atoms with Crippen LogP contribution in [0.3, 0.4) is 0 Å². The summed E-state index contributed by atoms with van der Waals surface area (Å²) in [5, 5.41) is 0. The number of hydrogen-bond donors (Lipinski definition) is 0. The lowest BCUT2D eigenvalue weighted by Gasteiger charge is -2.34. The van der Waals surface area contributed by atoms with Crippen molar-refractivity contribution in [3.63, 3.8) is 0 Å². The van der Waals surface area contributed by atoms with Gasteiger partial charge in [-0.15, -0.1) is 0 Å². The van der Waals surface area contributed by atoms with Gasteiger partial charge in [0, 0.05) is 13.6 Å². The van der Waals surface area contributed by atoms with E-state index >= 15 is 0 Å². The highest BCUT2D eigenvalue weighted by Crippen LogP contribution is 2.31. The summed E-state index contributed by atoms with van der Waals surface area (Å²) in [6.45, 7) is 7.02. The normalized spacial score (nSPS) is 31.1. The zero-order valence-electron chi connectivity index (χ0n) is 10.3. The molecule has 1 aliphatic rings. The summed E-state index contributed by atoms with van der Waals surface area (Å²) in [4.78, 5) is 13.3. The maximum absolute atomic E-state index is 11.6. The van der Waals surface area contributed by atoms with Crippen molar-refractivity contribution in [2.75, 3.05) is 13.6 Å². The van der Waals surface area contributed by atoms with Crippen LogP contribution in [0.5, 0.6) is 0 Å². The molecule has 0 saturated heterocycles. The Morgan fingerprint density at radius 2 is 1.87 bits per heavy atom. The Balaban J connectivity index is 2.51. The van der Waals surface area contributed by atoms with Crippen LogP contribution in [0.15, 0.2) is 0 Å². The summed E-state index contributed by atoms with van der Waals surface area (Å²) in [6, 6.07) is 0. The van der Waals surface area contributed by atoms with Crippen LogP contribution in [0, 0.1) is 11.8 Å². The first-order chi connectivity index (χ1) is 7.06. The van der Waals surface area contributed by atoms with Crippen molar-refractivity contribution in [2.24, 2.45) is 11.8 Å². The molecular weight excluding hydrogens is 190 g/mol. The minimum absolute atomic E-state index is 0.111. The van der Waals surface area contributed by atoms with Crippen molar-refractivity contribution in [1.82, 2.24) is 4.90 Å². The molecule has 3 nitrogen and oxygen atoms in total. The van der Waals surface area contributed by atoms with E-state index in [2.05, 4.69) is 13.8 Å². The first kappa shape index (κ1) is 12.3. The van der Waals surface area contributed by atoms with E-state index in [4.69, 9.17) is 4.74 Å². The number of nitrogens with zero attached hydrogens (tertiary/aromatic N) is 1. The molecule has 1 fully saturated rings. The molecule has 1 amide bonds. The second-order valence-electron chi connectivity index (χ2n) is 4.75. The van der Waals surface area contributed by atoms with Crippen LogP contribution in [0.1, 0.15) is 40.0 Å². The fourth-order valence-electron chi connectivity index (χ4n) is 2.22. The van der Waals surface area contributed by atoms with Crippen LogP contribution in [0.2, 0.25) is 0 Å². The van der Waals surface area contributed by atoms with Gasteiger partial charge in [0.2, 0.25) is 0 Å². The fraction of sp³-hybridized carbons (Fsp3) is 0.917. The fourth-order valence-corrected chi connectivity index (χ4v) is 2.22. The molecule has 0 aromatic heterocycles. The van der Waals surface area contributed by atoms with E-state index in [-0.39, 0.29) is 12.2 Å². The van der Waals surface area contributed by atoms with E-state index < -0.39 is 0 Å².